The number of urea groups is 1. The number of hydrogen-bond donors (Lipinski definition) is 1. The molecule has 5 heteroatoms. The van der Waals surface area contributed by atoms with E-state index in [9.17, 15) is 9.59 Å². The summed E-state index contributed by atoms with van der Waals surface area (Å²) in [5.74, 6) is 0.00483. The number of amides is 2. The minimum atomic E-state index is -0.0750. The van der Waals surface area contributed by atoms with E-state index in [1.165, 1.54) is 39.3 Å². The van der Waals surface area contributed by atoms with Crippen LogP contribution in [0.25, 0.3) is 0 Å². The summed E-state index contributed by atoms with van der Waals surface area (Å²) < 4.78 is 0. The Morgan fingerprint density at radius 3 is 2.55 bits per heavy atom. The van der Waals surface area contributed by atoms with Crippen molar-refractivity contribution in [2.24, 2.45) is 0 Å². The Labute approximate surface area is 131 Å². The van der Waals surface area contributed by atoms with Crippen molar-refractivity contribution in [3.8, 4) is 0 Å². The molecule has 2 heterocycles. The molecule has 5 nitrogen and oxygen atoms in total. The minimum absolute atomic E-state index is 0.00483. The van der Waals surface area contributed by atoms with Crippen molar-refractivity contribution < 1.29 is 9.59 Å². The number of benzene rings is 1. The van der Waals surface area contributed by atoms with Crippen LogP contribution in [0.1, 0.15) is 36.5 Å². The predicted molar refractivity (Wildman–Crippen MR) is 86.3 cm³/mol. The van der Waals surface area contributed by atoms with E-state index in [2.05, 4.69) is 10.2 Å². The summed E-state index contributed by atoms with van der Waals surface area (Å²) in [6.07, 6.45) is 3.89. The van der Waals surface area contributed by atoms with Crippen molar-refractivity contribution in [1.82, 2.24) is 9.80 Å². The van der Waals surface area contributed by atoms with E-state index >= 15 is 0 Å². The number of carbonyl (C=O) groups excluding carboxylic acids is 2. The number of Topliss-reactive ketones (excluding diaryl/α,β-unsaturated/α-hetero) is 1. The zero-order valence-electron chi connectivity index (χ0n) is 13.0. The SMILES string of the molecule is CC(=O)c1cccc(NC(=O)N2CC(N3CCCCC3)C2)c1. The van der Waals surface area contributed by atoms with Gasteiger partial charge in [-0.15, -0.1) is 0 Å². The fourth-order valence-corrected chi connectivity index (χ4v) is 3.15. The van der Waals surface area contributed by atoms with E-state index < -0.39 is 0 Å². The second kappa shape index (κ2) is 6.48. The highest BCUT2D eigenvalue weighted by Crippen LogP contribution is 2.21. The van der Waals surface area contributed by atoms with Crippen LogP contribution in [0.3, 0.4) is 0 Å². The third-order valence-corrected chi connectivity index (χ3v) is 4.58. The Morgan fingerprint density at radius 2 is 1.86 bits per heavy atom. The van der Waals surface area contributed by atoms with Crippen LogP contribution < -0.4 is 5.32 Å². The Kier molecular flexibility index (Phi) is 4.43. The quantitative estimate of drug-likeness (QED) is 0.873. The van der Waals surface area contributed by atoms with E-state index in [0.717, 1.165) is 13.1 Å². The molecule has 0 atom stereocenters. The third-order valence-electron chi connectivity index (χ3n) is 4.58. The first-order valence-corrected chi connectivity index (χ1v) is 8.04. The molecule has 0 spiro atoms. The molecule has 1 aromatic carbocycles. The summed E-state index contributed by atoms with van der Waals surface area (Å²) in [6.45, 7) is 5.47. The zero-order valence-corrected chi connectivity index (χ0v) is 13.0. The molecule has 0 bridgehead atoms. The molecule has 22 heavy (non-hydrogen) atoms. The normalized spacial score (nSPS) is 19.6. The van der Waals surface area contributed by atoms with E-state index in [-0.39, 0.29) is 11.8 Å². The lowest BCUT2D eigenvalue weighted by atomic mass is 10.0. The lowest BCUT2D eigenvalue weighted by Crippen LogP contribution is -2.62. The summed E-state index contributed by atoms with van der Waals surface area (Å²) in [5, 5.41) is 2.88. The molecule has 3 rings (SSSR count). The number of ketones is 1. The predicted octanol–water partition coefficient (Wildman–Crippen LogP) is 2.59. The summed E-state index contributed by atoms with van der Waals surface area (Å²) >= 11 is 0. The van der Waals surface area contributed by atoms with Gasteiger partial charge in [-0.25, -0.2) is 4.79 Å². The lowest BCUT2D eigenvalue weighted by Gasteiger charge is -2.46. The number of rotatable bonds is 3. The molecule has 2 fully saturated rings. The molecule has 0 radical (unpaired) electrons. The van der Waals surface area contributed by atoms with Gasteiger partial charge in [0, 0.05) is 30.4 Å². The molecule has 118 valence electrons. The molecule has 0 aromatic heterocycles. The minimum Gasteiger partial charge on any atom is -0.321 e. The average molecular weight is 301 g/mol. The average Bonchev–Trinajstić information content (AvgIpc) is 2.47. The second-order valence-electron chi connectivity index (χ2n) is 6.22. The number of likely N-dealkylation sites (tertiary alicyclic amines) is 2. The Bertz CT molecular complexity index is 561. The van der Waals surface area contributed by atoms with Gasteiger partial charge in [-0.1, -0.05) is 18.6 Å². The van der Waals surface area contributed by atoms with Gasteiger partial charge in [-0.2, -0.15) is 0 Å². The Hall–Kier alpha value is -1.88. The highest BCUT2D eigenvalue weighted by molar-refractivity contribution is 5.96. The summed E-state index contributed by atoms with van der Waals surface area (Å²) in [5.41, 5.74) is 1.30. The van der Waals surface area contributed by atoms with Gasteiger partial charge in [0.1, 0.15) is 0 Å². The molecule has 0 saturated carbocycles. The van der Waals surface area contributed by atoms with Gasteiger partial charge in [-0.05, 0) is 45.0 Å². The molecule has 1 aromatic rings. The van der Waals surface area contributed by atoms with Crippen molar-refractivity contribution in [2.75, 3.05) is 31.5 Å². The van der Waals surface area contributed by atoms with E-state index in [1.54, 1.807) is 18.2 Å². The van der Waals surface area contributed by atoms with Gasteiger partial charge in [0.25, 0.3) is 0 Å². The summed E-state index contributed by atoms with van der Waals surface area (Å²) in [7, 11) is 0. The third kappa shape index (κ3) is 3.30. The van der Waals surface area contributed by atoms with Crippen LogP contribution >= 0.6 is 0 Å². The van der Waals surface area contributed by atoms with Gasteiger partial charge >= 0.3 is 6.03 Å². The number of anilines is 1. The smallest absolute Gasteiger partial charge is 0.321 e. The van der Waals surface area contributed by atoms with Crippen molar-refractivity contribution in [1.29, 1.82) is 0 Å². The highest BCUT2D eigenvalue weighted by Gasteiger charge is 2.35. The largest absolute Gasteiger partial charge is 0.321 e. The fraction of sp³-hybridized carbons (Fsp3) is 0.529. The number of carbonyl (C=O) groups is 2. The van der Waals surface area contributed by atoms with Crippen LogP contribution in [-0.2, 0) is 0 Å². The molecule has 2 aliphatic rings. The van der Waals surface area contributed by atoms with Crippen molar-refractivity contribution in [3.63, 3.8) is 0 Å². The van der Waals surface area contributed by atoms with Crippen molar-refractivity contribution in [2.45, 2.75) is 32.2 Å². The van der Waals surface area contributed by atoms with Crippen LogP contribution in [0, 0.1) is 0 Å². The van der Waals surface area contributed by atoms with Gasteiger partial charge in [0.05, 0.1) is 0 Å². The number of nitrogens with zero attached hydrogens (tertiary/aromatic N) is 2. The molecule has 2 saturated heterocycles. The maximum Gasteiger partial charge on any atom is 0.321 e. The molecule has 0 aliphatic carbocycles. The summed E-state index contributed by atoms with van der Waals surface area (Å²) in [4.78, 5) is 27.9. The number of hydrogen-bond acceptors (Lipinski definition) is 3. The van der Waals surface area contributed by atoms with E-state index in [0.29, 0.717) is 17.3 Å². The zero-order chi connectivity index (χ0) is 15.5. The lowest BCUT2D eigenvalue weighted by molar-refractivity contribution is 0.0493. The van der Waals surface area contributed by atoms with E-state index in [4.69, 9.17) is 0 Å². The van der Waals surface area contributed by atoms with Gasteiger partial charge in [-0.3, -0.25) is 9.69 Å². The van der Waals surface area contributed by atoms with Crippen LogP contribution in [0.15, 0.2) is 24.3 Å². The first-order valence-electron chi connectivity index (χ1n) is 8.04. The molecule has 2 amide bonds. The van der Waals surface area contributed by atoms with Crippen molar-refractivity contribution >= 4 is 17.5 Å². The molecule has 0 unspecified atom stereocenters. The van der Waals surface area contributed by atoms with Crippen molar-refractivity contribution in [3.05, 3.63) is 29.8 Å². The fourth-order valence-electron chi connectivity index (χ4n) is 3.15. The first-order chi connectivity index (χ1) is 10.6. The second-order valence-corrected chi connectivity index (χ2v) is 6.22. The molecule has 1 N–H and O–H groups in total. The van der Waals surface area contributed by atoms with Crippen LogP contribution in [0.4, 0.5) is 10.5 Å². The van der Waals surface area contributed by atoms with Crippen LogP contribution in [0.2, 0.25) is 0 Å². The standard InChI is InChI=1S/C17H23N3O2/c1-13(21)14-6-5-7-15(10-14)18-17(22)20-11-16(12-20)19-8-3-2-4-9-19/h5-7,10,16H,2-4,8-9,11-12H2,1H3,(H,18,22). The first kappa shape index (κ1) is 15.0. The Balaban J connectivity index is 1.51. The Morgan fingerprint density at radius 1 is 1.14 bits per heavy atom. The summed E-state index contributed by atoms with van der Waals surface area (Å²) in [6, 6.07) is 7.53. The van der Waals surface area contributed by atoms with Crippen LogP contribution in [0.5, 0.6) is 0 Å². The van der Waals surface area contributed by atoms with Gasteiger partial charge in [0.15, 0.2) is 5.78 Å². The monoisotopic (exact) mass is 301 g/mol. The number of nitrogens with one attached hydrogen (secondary N) is 1. The maximum absolute atomic E-state index is 12.2. The van der Waals surface area contributed by atoms with Gasteiger partial charge in [0.2, 0.25) is 0 Å². The highest BCUT2D eigenvalue weighted by atomic mass is 16.2. The topological polar surface area (TPSA) is 52.7 Å². The maximum atomic E-state index is 12.2. The molecule has 2 aliphatic heterocycles. The van der Waals surface area contributed by atoms with Gasteiger partial charge < -0.3 is 10.2 Å². The van der Waals surface area contributed by atoms with E-state index in [1.807, 2.05) is 11.0 Å². The van der Waals surface area contributed by atoms with Crippen LogP contribution in [-0.4, -0.2) is 53.8 Å². The number of piperidine rings is 1. The molecular weight excluding hydrogens is 278 g/mol. The molecular formula is C17H23N3O2.